The normalized spacial score (nSPS) is 17.5. The summed E-state index contributed by atoms with van der Waals surface area (Å²) in [5.74, 6) is -0.545. The Balaban J connectivity index is 2.14. The van der Waals surface area contributed by atoms with E-state index in [1.54, 1.807) is 0 Å². The third-order valence-electron chi connectivity index (χ3n) is 3.64. The van der Waals surface area contributed by atoms with Crippen LogP contribution in [0.1, 0.15) is 44.9 Å². The summed E-state index contributed by atoms with van der Waals surface area (Å²) >= 11 is 0. The maximum Gasteiger partial charge on any atom is 0.295 e. The SMILES string of the molecule is O=[N+]([O-])c1cccc(F)c1NC1CCCCCCC1. The summed E-state index contributed by atoms with van der Waals surface area (Å²) in [7, 11) is 0. The van der Waals surface area contributed by atoms with E-state index < -0.39 is 10.7 Å². The standard InChI is InChI=1S/C14H19FN2O2/c15-12-9-6-10-13(17(18)19)14(12)16-11-7-4-2-1-3-5-8-11/h6,9-11,16H,1-5,7-8H2. The van der Waals surface area contributed by atoms with Crippen molar-refractivity contribution in [2.24, 2.45) is 0 Å². The van der Waals surface area contributed by atoms with Crippen molar-refractivity contribution in [1.82, 2.24) is 0 Å². The molecule has 0 radical (unpaired) electrons. The van der Waals surface area contributed by atoms with E-state index in [1.807, 2.05) is 0 Å². The first-order chi connectivity index (χ1) is 9.18. The van der Waals surface area contributed by atoms with Gasteiger partial charge in [-0.2, -0.15) is 0 Å². The van der Waals surface area contributed by atoms with Crippen LogP contribution in [0.25, 0.3) is 0 Å². The molecule has 1 aliphatic carbocycles. The highest BCUT2D eigenvalue weighted by Gasteiger charge is 2.21. The molecule has 1 saturated carbocycles. The molecule has 104 valence electrons. The van der Waals surface area contributed by atoms with E-state index in [0.29, 0.717) is 0 Å². The Kier molecular flexibility index (Phi) is 4.71. The number of benzene rings is 1. The number of nitrogens with zero attached hydrogens (tertiary/aromatic N) is 1. The molecule has 1 fully saturated rings. The van der Waals surface area contributed by atoms with Gasteiger partial charge in [0, 0.05) is 12.1 Å². The van der Waals surface area contributed by atoms with Crippen LogP contribution in [0.15, 0.2) is 18.2 Å². The van der Waals surface area contributed by atoms with Crippen molar-refractivity contribution in [3.8, 4) is 0 Å². The fraction of sp³-hybridized carbons (Fsp3) is 0.571. The Hall–Kier alpha value is -1.65. The number of nitro benzene ring substituents is 1. The summed E-state index contributed by atoms with van der Waals surface area (Å²) < 4.78 is 13.8. The van der Waals surface area contributed by atoms with Gasteiger partial charge in [0.25, 0.3) is 5.69 Å². The smallest absolute Gasteiger partial charge is 0.295 e. The lowest BCUT2D eigenvalue weighted by Crippen LogP contribution is -2.21. The first-order valence-electron chi connectivity index (χ1n) is 6.88. The highest BCUT2D eigenvalue weighted by molar-refractivity contribution is 5.62. The third-order valence-corrected chi connectivity index (χ3v) is 3.64. The quantitative estimate of drug-likeness (QED) is 0.657. The zero-order valence-corrected chi connectivity index (χ0v) is 10.9. The molecule has 0 bridgehead atoms. The zero-order chi connectivity index (χ0) is 13.7. The number of para-hydroxylation sites is 1. The van der Waals surface area contributed by atoms with Crippen LogP contribution in [-0.2, 0) is 0 Å². The van der Waals surface area contributed by atoms with Crippen LogP contribution in [-0.4, -0.2) is 11.0 Å². The molecule has 0 saturated heterocycles. The Morgan fingerprint density at radius 2 is 1.79 bits per heavy atom. The van der Waals surface area contributed by atoms with Gasteiger partial charge in [-0.25, -0.2) is 4.39 Å². The second kappa shape index (κ2) is 6.50. The molecule has 0 heterocycles. The predicted molar refractivity (Wildman–Crippen MR) is 72.8 cm³/mol. The maximum absolute atomic E-state index is 13.8. The van der Waals surface area contributed by atoms with Gasteiger partial charge in [0.15, 0.2) is 5.82 Å². The summed E-state index contributed by atoms with van der Waals surface area (Å²) in [6.07, 6.45) is 7.73. The van der Waals surface area contributed by atoms with Gasteiger partial charge in [0.1, 0.15) is 5.69 Å². The van der Waals surface area contributed by atoms with Gasteiger partial charge in [-0.15, -0.1) is 0 Å². The minimum Gasteiger partial charge on any atom is -0.374 e. The molecule has 0 atom stereocenters. The van der Waals surface area contributed by atoms with E-state index >= 15 is 0 Å². The van der Waals surface area contributed by atoms with Crippen molar-refractivity contribution < 1.29 is 9.31 Å². The lowest BCUT2D eigenvalue weighted by Gasteiger charge is -2.22. The van der Waals surface area contributed by atoms with Crippen LogP contribution in [0.3, 0.4) is 0 Å². The van der Waals surface area contributed by atoms with Crippen LogP contribution in [0.5, 0.6) is 0 Å². The molecule has 0 aliphatic heterocycles. The van der Waals surface area contributed by atoms with Gasteiger partial charge >= 0.3 is 0 Å². The Morgan fingerprint density at radius 3 is 2.42 bits per heavy atom. The monoisotopic (exact) mass is 266 g/mol. The molecule has 2 rings (SSSR count). The summed E-state index contributed by atoms with van der Waals surface area (Å²) in [6.45, 7) is 0. The number of nitro groups is 1. The van der Waals surface area contributed by atoms with E-state index in [9.17, 15) is 14.5 Å². The largest absolute Gasteiger partial charge is 0.374 e. The molecule has 1 aliphatic rings. The molecule has 1 aromatic carbocycles. The van der Waals surface area contributed by atoms with Gasteiger partial charge in [-0.1, -0.05) is 38.2 Å². The van der Waals surface area contributed by atoms with Crippen molar-refractivity contribution in [3.63, 3.8) is 0 Å². The summed E-state index contributed by atoms with van der Waals surface area (Å²) in [5, 5.41) is 14.0. The lowest BCUT2D eigenvalue weighted by atomic mass is 9.96. The fourth-order valence-corrected chi connectivity index (χ4v) is 2.61. The molecule has 0 spiro atoms. The Bertz CT molecular complexity index is 443. The van der Waals surface area contributed by atoms with E-state index in [0.717, 1.165) is 25.7 Å². The molecule has 0 amide bonds. The molecule has 0 aromatic heterocycles. The molecule has 5 heteroatoms. The fourth-order valence-electron chi connectivity index (χ4n) is 2.61. The van der Waals surface area contributed by atoms with Crippen LogP contribution >= 0.6 is 0 Å². The third kappa shape index (κ3) is 3.66. The minimum absolute atomic E-state index is 0.0399. The second-order valence-corrected chi connectivity index (χ2v) is 5.08. The second-order valence-electron chi connectivity index (χ2n) is 5.08. The van der Waals surface area contributed by atoms with Gasteiger partial charge in [0.2, 0.25) is 0 Å². The lowest BCUT2D eigenvalue weighted by molar-refractivity contribution is -0.384. The van der Waals surface area contributed by atoms with Gasteiger partial charge in [-0.3, -0.25) is 10.1 Å². The number of hydrogen-bond donors (Lipinski definition) is 1. The van der Waals surface area contributed by atoms with Crippen LogP contribution in [0.4, 0.5) is 15.8 Å². The van der Waals surface area contributed by atoms with Crippen molar-refractivity contribution in [3.05, 3.63) is 34.1 Å². The van der Waals surface area contributed by atoms with Crippen molar-refractivity contribution in [2.45, 2.75) is 51.0 Å². The summed E-state index contributed by atoms with van der Waals surface area (Å²) in [5.41, 5.74) is -0.139. The molecule has 1 N–H and O–H groups in total. The van der Waals surface area contributed by atoms with Crippen LogP contribution < -0.4 is 5.32 Å². The predicted octanol–water partition coefficient (Wildman–Crippen LogP) is 4.26. The molecular formula is C14H19FN2O2. The number of hydrogen-bond acceptors (Lipinski definition) is 3. The molecule has 19 heavy (non-hydrogen) atoms. The van der Waals surface area contributed by atoms with E-state index in [-0.39, 0.29) is 17.4 Å². The number of nitrogens with one attached hydrogen (secondary N) is 1. The maximum atomic E-state index is 13.8. The molecule has 0 unspecified atom stereocenters. The van der Waals surface area contributed by atoms with E-state index in [4.69, 9.17) is 0 Å². The Labute approximate surface area is 112 Å². The van der Waals surface area contributed by atoms with Crippen LogP contribution in [0, 0.1) is 15.9 Å². The number of halogens is 1. The topological polar surface area (TPSA) is 55.2 Å². The van der Waals surface area contributed by atoms with Gasteiger partial charge in [0.05, 0.1) is 4.92 Å². The number of anilines is 1. The van der Waals surface area contributed by atoms with Gasteiger partial charge in [-0.05, 0) is 18.9 Å². The molecule has 4 nitrogen and oxygen atoms in total. The zero-order valence-electron chi connectivity index (χ0n) is 10.9. The average molecular weight is 266 g/mol. The first kappa shape index (κ1) is 13.8. The molecule has 1 aromatic rings. The van der Waals surface area contributed by atoms with E-state index in [2.05, 4.69) is 5.32 Å². The minimum atomic E-state index is -0.545. The highest BCUT2D eigenvalue weighted by Crippen LogP contribution is 2.30. The summed E-state index contributed by atoms with van der Waals surface area (Å²) in [6, 6.07) is 4.11. The molecular weight excluding hydrogens is 247 g/mol. The van der Waals surface area contributed by atoms with Gasteiger partial charge < -0.3 is 5.32 Å². The first-order valence-corrected chi connectivity index (χ1v) is 6.88. The Morgan fingerprint density at radius 1 is 1.16 bits per heavy atom. The number of rotatable bonds is 3. The average Bonchev–Trinajstić information content (AvgIpc) is 2.34. The van der Waals surface area contributed by atoms with E-state index in [1.165, 1.54) is 37.5 Å². The highest BCUT2D eigenvalue weighted by atomic mass is 19.1. The van der Waals surface area contributed by atoms with Crippen molar-refractivity contribution >= 4 is 11.4 Å². The summed E-state index contributed by atoms with van der Waals surface area (Å²) in [4.78, 5) is 10.4. The van der Waals surface area contributed by atoms with Crippen molar-refractivity contribution in [2.75, 3.05) is 5.32 Å². The van der Waals surface area contributed by atoms with Crippen molar-refractivity contribution in [1.29, 1.82) is 0 Å². The van der Waals surface area contributed by atoms with Crippen LogP contribution in [0.2, 0.25) is 0 Å².